The molecule has 2 aromatic rings. The molecule has 4 rings (SSSR count). The highest BCUT2D eigenvalue weighted by molar-refractivity contribution is 5.95. The topological polar surface area (TPSA) is 62.6 Å². The Bertz CT molecular complexity index is 798. The standard InChI is InChI=1S/C21H24N2O3/c24-20(22-18-10-3-7-15-6-1-2-9-17(15)18)16-8-4-12-23(14-16)21(25)19-11-5-13-26-19/h3,5,7,10-11,13,16H,1-2,4,6,8-9,12,14H2,(H,22,24). The molecule has 1 unspecified atom stereocenters. The van der Waals surface area contributed by atoms with Crippen LogP contribution in [0.15, 0.2) is 41.0 Å². The molecule has 0 radical (unpaired) electrons. The molecule has 1 N–H and O–H groups in total. The Morgan fingerprint density at radius 3 is 2.81 bits per heavy atom. The van der Waals surface area contributed by atoms with Crippen LogP contribution >= 0.6 is 0 Å². The van der Waals surface area contributed by atoms with Gasteiger partial charge in [0.25, 0.3) is 5.91 Å². The third-order valence-corrected chi connectivity index (χ3v) is 5.47. The van der Waals surface area contributed by atoms with Crippen LogP contribution in [0.3, 0.4) is 0 Å². The van der Waals surface area contributed by atoms with E-state index in [9.17, 15) is 9.59 Å². The maximum absolute atomic E-state index is 12.8. The van der Waals surface area contributed by atoms with Crippen molar-refractivity contribution in [2.45, 2.75) is 38.5 Å². The highest BCUT2D eigenvalue weighted by Gasteiger charge is 2.30. The first kappa shape index (κ1) is 16.9. The molecule has 2 aliphatic rings. The minimum Gasteiger partial charge on any atom is -0.459 e. The summed E-state index contributed by atoms with van der Waals surface area (Å²) in [6.45, 7) is 1.12. The first-order chi connectivity index (χ1) is 12.7. The highest BCUT2D eigenvalue weighted by Crippen LogP contribution is 2.29. The summed E-state index contributed by atoms with van der Waals surface area (Å²) in [6, 6.07) is 9.56. The predicted octanol–water partition coefficient (Wildman–Crippen LogP) is 3.65. The van der Waals surface area contributed by atoms with Gasteiger partial charge >= 0.3 is 0 Å². The fourth-order valence-electron chi connectivity index (χ4n) is 4.06. The Hall–Kier alpha value is -2.56. The number of benzene rings is 1. The van der Waals surface area contributed by atoms with E-state index < -0.39 is 0 Å². The van der Waals surface area contributed by atoms with Crippen molar-refractivity contribution in [1.29, 1.82) is 0 Å². The van der Waals surface area contributed by atoms with E-state index >= 15 is 0 Å². The molecule has 2 heterocycles. The Kier molecular flexibility index (Phi) is 4.78. The van der Waals surface area contributed by atoms with Crippen LogP contribution in [0.4, 0.5) is 5.69 Å². The number of hydrogen-bond acceptors (Lipinski definition) is 3. The second kappa shape index (κ2) is 7.36. The maximum atomic E-state index is 12.8. The zero-order chi connectivity index (χ0) is 17.9. The number of piperidine rings is 1. The molecule has 26 heavy (non-hydrogen) atoms. The van der Waals surface area contributed by atoms with Gasteiger partial charge in [-0.25, -0.2) is 0 Å². The van der Waals surface area contributed by atoms with Crippen molar-refractivity contribution < 1.29 is 14.0 Å². The van der Waals surface area contributed by atoms with Gasteiger partial charge in [-0.05, 0) is 67.9 Å². The summed E-state index contributed by atoms with van der Waals surface area (Å²) in [5.41, 5.74) is 3.58. The van der Waals surface area contributed by atoms with Crippen LogP contribution in [0.1, 0.15) is 47.4 Å². The third kappa shape index (κ3) is 3.39. The number of nitrogens with one attached hydrogen (secondary N) is 1. The molecular weight excluding hydrogens is 328 g/mol. The van der Waals surface area contributed by atoms with Crippen LogP contribution in [0.2, 0.25) is 0 Å². The minimum absolute atomic E-state index is 0.0147. The maximum Gasteiger partial charge on any atom is 0.289 e. The highest BCUT2D eigenvalue weighted by atomic mass is 16.3. The van der Waals surface area contributed by atoms with E-state index in [1.165, 1.54) is 30.2 Å². The van der Waals surface area contributed by atoms with Gasteiger partial charge in [0.1, 0.15) is 0 Å². The molecule has 136 valence electrons. The zero-order valence-corrected chi connectivity index (χ0v) is 14.9. The summed E-state index contributed by atoms with van der Waals surface area (Å²) >= 11 is 0. The summed E-state index contributed by atoms with van der Waals surface area (Å²) in [5, 5.41) is 3.13. The van der Waals surface area contributed by atoms with Crippen molar-refractivity contribution in [2.24, 2.45) is 5.92 Å². The number of nitrogens with zero attached hydrogens (tertiary/aromatic N) is 1. The van der Waals surface area contributed by atoms with E-state index in [0.717, 1.165) is 31.4 Å². The minimum atomic E-state index is -0.179. The summed E-state index contributed by atoms with van der Waals surface area (Å²) < 4.78 is 5.21. The average molecular weight is 352 g/mol. The van der Waals surface area contributed by atoms with Gasteiger partial charge in [-0.15, -0.1) is 0 Å². The number of rotatable bonds is 3. The number of hydrogen-bond donors (Lipinski definition) is 1. The van der Waals surface area contributed by atoms with Crippen LogP contribution in [0.25, 0.3) is 0 Å². The summed E-state index contributed by atoms with van der Waals surface area (Å²) in [5.74, 6) is 0.0378. The fourth-order valence-corrected chi connectivity index (χ4v) is 4.06. The van der Waals surface area contributed by atoms with E-state index in [2.05, 4.69) is 11.4 Å². The normalized spacial score (nSPS) is 19.7. The smallest absolute Gasteiger partial charge is 0.289 e. The Morgan fingerprint density at radius 1 is 1.08 bits per heavy atom. The number of carbonyl (C=O) groups is 2. The largest absolute Gasteiger partial charge is 0.459 e. The molecule has 0 spiro atoms. The van der Waals surface area contributed by atoms with Gasteiger partial charge in [-0.2, -0.15) is 0 Å². The lowest BCUT2D eigenvalue weighted by Crippen LogP contribution is -2.43. The SMILES string of the molecule is O=C(Nc1cccc2c1CCCC2)C1CCCN(C(=O)c2ccco2)C1. The lowest BCUT2D eigenvalue weighted by atomic mass is 9.90. The molecule has 0 bridgehead atoms. The van der Waals surface area contributed by atoms with Crippen molar-refractivity contribution in [2.75, 3.05) is 18.4 Å². The van der Waals surface area contributed by atoms with Gasteiger partial charge in [-0.3, -0.25) is 9.59 Å². The van der Waals surface area contributed by atoms with Crippen molar-refractivity contribution in [3.05, 3.63) is 53.5 Å². The lowest BCUT2D eigenvalue weighted by Gasteiger charge is -2.31. The summed E-state index contributed by atoms with van der Waals surface area (Å²) in [4.78, 5) is 27.0. The molecule has 1 aliphatic heterocycles. The molecule has 5 nitrogen and oxygen atoms in total. The quantitative estimate of drug-likeness (QED) is 0.917. The molecule has 2 amide bonds. The molecule has 1 aromatic carbocycles. The first-order valence-corrected chi connectivity index (χ1v) is 9.47. The average Bonchev–Trinajstić information content (AvgIpc) is 3.22. The van der Waals surface area contributed by atoms with Crippen LogP contribution in [-0.4, -0.2) is 29.8 Å². The number of carbonyl (C=O) groups excluding carboxylic acids is 2. The van der Waals surface area contributed by atoms with Gasteiger partial charge in [0.2, 0.25) is 5.91 Å². The molecule has 1 fully saturated rings. The molecule has 1 saturated heterocycles. The summed E-state index contributed by atoms with van der Waals surface area (Å²) in [6.07, 6.45) is 7.65. The van der Waals surface area contributed by atoms with Crippen molar-refractivity contribution >= 4 is 17.5 Å². The van der Waals surface area contributed by atoms with Crippen LogP contribution in [0.5, 0.6) is 0 Å². The van der Waals surface area contributed by atoms with E-state index in [0.29, 0.717) is 18.8 Å². The Balaban J connectivity index is 1.44. The number of furan rings is 1. The van der Waals surface area contributed by atoms with Crippen LogP contribution in [-0.2, 0) is 17.6 Å². The van der Waals surface area contributed by atoms with Gasteiger partial charge in [0.15, 0.2) is 5.76 Å². The number of aryl methyl sites for hydroxylation is 1. The second-order valence-corrected chi connectivity index (χ2v) is 7.21. The van der Waals surface area contributed by atoms with E-state index in [-0.39, 0.29) is 17.7 Å². The second-order valence-electron chi connectivity index (χ2n) is 7.21. The van der Waals surface area contributed by atoms with E-state index in [1.54, 1.807) is 17.0 Å². The third-order valence-electron chi connectivity index (χ3n) is 5.47. The lowest BCUT2D eigenvalue weighted by molar-refractivity contribution is -0.121. The monoisotopic (exact) mass is 352 g/mol. The van der Waals surface area contributed by atoms with Crippen LogP contribution in [0, 0.1) is 5.92 Å². The van der Waals surface area contributed by atoms with Crippen molar-refractivity contribution in [3.8, 4) is 0 Å². The molecular formula is C21H24N2O3. The van der Waals surface area contributed by atoms with Gasteiger partial charge < -0.3 is 14.6 Å². The number of fused-ring (bicyclic) bond motifs is 1. The first-order valence-electron chi connectivity index (χ1n) is 9.47. The van der Waals surface area contributed by atoms with E-state index in [4.69, 9.17) is 4.42 Å². The molecule has 1 atom stereocenters. The van der Waals surface area contributed by atoms with Crippen LogP contribution < -0.4 is 5.32 Å². The van der Waals surface area contributed by atoms with Crippen molar-refractivity contribution in [1.82, 2.24) is 4.90 Å². The molecule has 5 heteroatoms. The van der Waals surface area contributed by atoms with Gasteiger partial charge in [0.05, 0.1) is 12.2 Å². The molecule has 1 aromatic heterocycles. The number of amides is 2. The molecule has 1 aliphatic carbocycles. The van der Waals surface area contributed by atoms with E-state index in [1.807, 2.05) is 12.1 Å². The summed E-state index contributed by atoms with van der Waals surface area (Å²) in [7, 11) is 0. The predicted molar refractivity (Wildman–Crippen MR) is 99.0 cm³/mol. The number of anilines is 1. The van der Waals surface area contributed by atoms with Gasteiger partial charge in [0, 0.05) is 18.8 Å². The Morgan fingerprint density at radius 2 is 1.96 bits per heavy atom. The van der Waals surface area contributed by atoms with Gasteiger partial charge in [-0.1, -0.05) is 12.1 Å². The van der Waals surface area contributed by atoms with Crippen molar-refractivity contribution in [3.63, 3.8) is 0 Å². The Labute approximate surface area is 153 Å². The fraction of sp³-hybridized carbons (Fsp3) is 0.429. The number of likely N-dealkylation sites (tertiary alicyclic amines) is 1. The zero-order valence-electron chi connectivity index (χ0n) is 14.9. The molecule has 0 saturated carbocycles.